The van der Waals surface area contributed by atoms with E-state index in [0.29, 0.717) is 24.0 Å². The summed E-state index contributed by atoms with van der Waals surface area (Å²) in [6.07, 6.45) is 2.11. The van der Waals surface area contributed by atoms with Crippen molar-refractivity contribution in [2.75, 3.05) is 6.54 Å². The van der Waals surface area contributed by atoms with Gasteiger partial charge in [-0.05, 0) is 12.8 Å². The lowest BCUT2D eigenvalue weighted by Crippen LogP contribution is -2.36. The van der Waals surface area contributed by atoms with Crippen LogP contribution in [0, 0.1) is 24.5 Å². The molecule has 8 heteroatoms. The summed E-state index contributed by atoms with van der Waals surface area (Å²) >= 11 is 1.56. The monoisotopic (exact) mass is 378 g/mol. The lowest BCUT2D eigenvalue weighted by Gasteiger charge is -2.22. The Bertz CT molecular complexity index is 935. The van der Waals surface area contributed by atoms with Crippen LogP contribution in [0.25, 0.3) is 11.0 Å². The summed E-state index contributed by atoms with van der Waals surface area (Å²) in [5, 5.41) is 5.85. The highest BCUT2D eigenvalue weighted by molar-refractivity contribution is 7.09. The predicted molar refractivity (Wildman–Crippen MR) is 97.1 cm³/mol. The first-order valence-corrected chi connectivity index (χ1v) is 9.25. The van der Waals surface area contributed by atoms with Crippen molar-refractivity contribution in [1.82, 2.24) is 19.9 Å². The van der Waals surface area contributed by atoms with E-state index in [0.717, 1.165) is 22.8 Å². The standard InChI is InChI=1S/C18H20F2N4OS/c1-10(2)17(18(25)21-5-4-16-23-11(3)8-26-16)24-9-22-14-6-12(19)13(20)7-15(14)24/h6-10,17H,4-5H2,1-3H3,(H,21,25)/t17-/m0/s1. The maximum absolute atomic E-state index is 13.6. The molecule has 138 valence electrons. The third-order valence-electron chi connectivity index (χ3n) is 4.12. The third kappa shape index (κ3) is 3.75. The van der Waals surface area contributed by atoms with Crippen LogP contribution in [0.1, 0.15) is 30.6 Å². The van der Waals surface area contributed by atoms with E-state index in [9.17, 15) is 13.6 Å². The Balaban J connectivity index is 1.78. The quantitative estimate of drug-likeness (QED) is 0.712. The molecule has 0 spiro atoms. The van der Waals surface area contributed by atoms with Crippen LogP contribution in [0.5, 0.6) is 0 Å². The second kappa shape index (κ2) is 7.49. The van der Waals surface area contributed by atoms with Gasteiger partial charge in [0.2, 0.25) is 5.91 Å². The van der Waals surface area contributed by atoms with Crippen molar-refractivity contribution in [2.45, 2.75) is 33.2 Å². The van der Waals surface area contributed by atoms with Gasteiger partial charge in [-0.1, -0.05) is 13.8 Å². The highest BCUT2D eigenvalue weighted by Gasteiger charge is 2.26. The van der Waals surface area contributed by atoms with Crippen LogP contribution >= 0.6 is 11.3 Å². The van der Waals surface area contributed by atoms with E-state index in [4.69, 9.17) is 0 Å². The summed E-state index contributed by atoms with van der Waals surface area (Å²) in [6, 6.07) is 1.56. The van der Waals surface area contributed by atoms with Gasteiger partial charge in [0.05, 0.1) is 22.4 Å². The lowest BCUT2D eigenvalue weighted by atomic mass is 10.0. The number of nitrogens with zero attached hydrogens (tertiary/aromatic N) is 3. The number of amides is 1. The summed E-state index contributed by atoms with van der Waals surface area (Å²) < 4.78 is 28.6. The fraction of sp³-hybridized carbons (Fsp3) is 0.389. The van der Waals surface area contributed by atoms with Gasteiger partial charge in [-0.2, -0.15) is 0 Å². The van der Waals surface area contributed by atoms with Crippen molar-refractivity contribution in [2.24, 2.45) is 5.92 Å². The van der Waals surface area contributed by atoms with Crippen molar-refractivity contribution in [1.29, 1.82) is 0 Å². The number of thiazole rings is 1. The molecule has 1 amide bonds. The minimum Gasteiger partial charge on any atom is -0.354 e. The molecule has 0 radical (unpaired) electrons. The predicted octanol–water partition coefficient (Wildman–Crippen LogP) is 3.64. The fourth-order valence-corrected chi connectivity index (χ4v) is 3.69. The van der Waals surface area contributed by atoms with Gasteiger partial charge in [0.15, 0.2) is 11.6 Å². The zero-order valence-electron chi connectivity index (χ0n) is 14.8. The molecule has 2 heterocycles. The van der Waals surface area contributed by atoms with E-state index >= 15 is 0 Å². The third-order valence-corrected chi connectivity index (χ3v) is 5.15. The second-order valence-corrected chi connectivity index (χ2v) is 7.46. The van der Waals surface area contributed by atoms with Gasteiger partial charge < -0.3 is 9.88 Å². The highest BCUT2D eigenvalue weighted by atomic mass is 32.1. The number of imidazole rings is 1. The Morgan fingerprint density at radius 3 is 2.69 bits per heavy atom. The smallest absolute Gasteiger partial charge is 0.243 e. The van der Waals surface area contributed by atoms with E-state index < -0.39 is 17.7 Å². The van der Waals surface area contributed by atoms with Gasteiger partial charge in [-0.25, -0.2) is 18.7 Å². The molecule has 3 rings (SSSR count). The van der Waals surface area contributed by atoms with Gasteiger partial charge in [0.25, 0.3) is 0 Å². The highest BCUT2D eigenvalue weighted by Crippen LogP contribution is 2.25. The van der Waals surface area contributed by atoms with Crippen molar-refractivity contribution in [3.8, 4) is 0 Å². The van der Waals surface area contributed by atoms with Crippen LogP contribution < -0.4 is 5.32 Å². The number of fused-ring (bicyclic) bond motifs is 1. The Kier molecular flexibility index (Phi) is 5.31. The van der Waals surface area contributed by atoms with Gasteiger partial charge >= 0.3 is 0 Å². The minimum atomic E-state index is -0.957. The lowest BCUT2D eigenvalue weighted by molar-refractivity contribution is -0.125. The molecule has 0 bridgehead atoms. The Hall–Kier alpha value is -2.35. The molecule has 26 heavy (non-hydrogen) atoms. The van der Waals surface area contributed by atoms with E-state index in [1.807, 2.05) is 26.2 Å². The number of hydrogen-bond donors (Lipinski definition) is 1. The maximum atomic E-state index is 13.6. The van der Waals surface area contributed by atoms with E-state index in [2.05, 4.69) is 15.3 Å². The zero-order valence-corrected chi connectivity index (χ0v) is 15.6. The SMILES string of the molecule is Cc1csc(CCNC(=O)[C@H](C(C)C)n2cnc3cc(F)c(F)cc32)n1. The zero-order chi connectivity index (χ0) is 18.8. The van der Waals surface area contributed by atoms with Crippen LogP contribution in [0.4, 0.5) is 8.78 Å². The number of aryl methyl sites for hydroxylation is 1. The molecular formula is C18H20F2N4OS. The van der Waals surface area contributed by atoms with E-state index in [-0.39, 0.29) is 11.8 Å². The van der Waals surface area contributed by atoms with Crippen LogP contribution in [-0.4, -0.2) is 27.0 Å². The number of aromatic nitrogens is 3. The maximum Gasteiger partial charge on any atom is 0.243 e. The van der Waals surface area contributed by atoms with Crippen molar-refractivity contribution in [3.05, 3.63) is 46.2 Å². The normalized spacial score (nSPS) is 12.7. The van der Waals surface area contributed by atoms with Crippen LogP contribution in [0.15, 0.2) is 23.8 Å². The molecule has 0 unspecified atom stereocenters. The Morgan fingerprint density at radius 2 is 2.04 bits per heavy atom. The van der Waals surface area contributed by atoms with E-state index in [1.54, 1.807) is 15.9 Å². The number of rotatable bonds is 6. The van der Waals surface area contributed by atoms with E-state index in [1.165, 1.54) is 6.33 Å². The summed E-state index contributed by atoms with van der Waals surface area (Å²) in [6.45, 7) is 6.20. The van der Waals surface area contributed by atoms with Gasteiger partial charge in [0.1, 0.15) is 6.04 Å². The molecule has 0 aliphatic heterocycles. The van der Waals surface area contributed by atoms with Gasteiger partial charge in [-0.15, -0.1) is 11.3 Å². The molecule has 3 aromatic rings. The summed E-state index contributed by atoms with van der Waals surface area (Å²) in [5.74, 6) is -2.15. The molecule has 5 nitrogen and oxygen atoms in total. The second-order valence-electron chi connectivity index (χ2n) is 6.52. The van der Waals surface area contributed by atoms with Crippen LogP contribution in [-0.2, 0) is 11.2 Å². The van der Waals surface area contributed by atoms with Crippen LogP contribution in [0.2, 0.25) is 0 Å². The Morgan fingerprint density at radius 1 is 1.31 bits per heavy atom. The van der Waals surface area contributed by atoms with Crippen molar-refractivity contribution in [3.63, 3.8) is 0 Å². The summed E-state index contributed by atoms with van der Waals surface area (Å²) in [4.78, 5) is 21.2. The number of carbonyl (C=O) groups is 1. The fourth-order valence-electron chi connectivity index (χ4n) is 2.91. The average molecular weight is 378 g/mol. The molecule has 1 N–H and O–H groups in total. The molecule has 0 saturated carbocycles. The summed E-state index contributed by atoms with van der Waals surface area (Å²) in [5.41, 5.74) is 1.68. The van der Waals surface area contributed by atoms with Crippen molar-refractivity contribution < 1.29 is 13.6 Å². The number of benzene rings is 1. The number of nitrogens with one attached hydrogen (secondary N) is 1. The topological polar surface area (TPSA) is 59.8 Å². The first kappa shape index (κ1) is 18.4. The van der Waals surface area contributed by atoms with Crippen molar-refractivity contribution >= 4 is 28.3 Å². The molecule has 2 aromatic heterocycles. The average Bonchev–Trinajstić information content (AvgIpc) is 3.15. The first-order valence-electron chi connectivity index (χ1n) is 8.37. The molecule has 0 fully saturated rings. The molecule has 1 atom stereocenters. The minimum absolute atomic E-state index is 0.0531. The molecule has 0 aliphatic rings. The Labute approximate surface area is 154 Å². The van der Waals surface area contributed by atoms with Crippen LogP contribution in [0.3, 0.4) is 0 Å². The van der Waals surface area contributed by atoms with Gasteiger partial charge in [-0.3, -0.25) is 4.79 Å². The number of hydrogen-bond acceptors (Lipinski definition) is 4. The number of halogens is 2. The molecule has 1 aromatic carbocycles. The molecule has 0 aliphatic carbocycles. The molecule has 0 saturated heterocycles. The number of carbonyl (C=O) groups excluding carboxylic acids is 1. The largest absolute Gasteiger partial charge is 0.354 e. The first-order chi connectivity index (χ1) is 12.4. The summed E-state index contributed by atoms with van der Waals surface area (Å²) in [7, 11) is 0. The van der Waals surface area contributed by atoms with Gasteiger partial charge in [0, 0.05) is 36.2 Å². The molecular weight excluding hydrogens is 358 g/mol.